The van der Waals surface area contributed by atoms with Gasteiger partial charge in [0.25, 0.3) is 0 Å². The molecule has 0 aliphatic carbocycles. The van der Waals surface area contributed by atoms with Crippen molar-refractivity contribution in [2.75, 3.05) is 0 Å². The molecule has 4 heteroatoms. The molecule has 3 nitrogen and oxygen atoms in total. The van der Waals surface area contributed by atoms with Crippen molar-refractivity contribution in [1.82, 2.24) is 9.55 Å². The predicted molar refractivity (Wildman–Crippen MR) is 61.9 cm³/mol. The molecule has 1 aromatic heterocycles. The van der Waals surface area contributed by atoms with E-state index < -0.39 is 6.10 Å². The lowest BCUT2D eigenvalue weighted by Gasteiger charge is -2.09. The van der Waals surface area contributed by atoms with Gasteiger partial charge in [-0.05, 0) is 24.6 Å². The quantitative estimate of drug-likeness (QED) is 0.908. The Hall–Kier alpha value is -1.13. The number of hydrogen-bond acceptors (Lipinski definition) is 2. The molecule has 0 fully saturated rings. The summed E-state index contributed by atoms with van der Waals surface area (Å²) >= 11 is 3.44. The third kappa shape index (κ3) is 2.11. The van der Waals surface area contributed by atoms with Crippen LogP contribution in [-0.2, 0) is 0 Å². The van der Waals surface area contributed by atoms with Crippen LogP contribution in [0.5, 0.6) is 0 Å². The van der Waals surface area contributed by atoms with Crippen LogP contribution in [0.15, 0.2) is 41.4 Å². The van der Waals surface area contributed by atoms with E-state index in [9.17, 15) is 5.11 Å². The maximum absolute atomic E-state index is 9.48. The van der Waals surface area contributed by atoms with Gasteiger partial charge in [-0.3, -0.25) is 0 Å². The van der Waals surface area contributed by atoms with Crippen LogP contribution in [0.1, 0.15) is 18.6 Å². The largest absolute Gasteiger partial charge is 0.389 e. The minimum absolute atomic E-state index is 0.462. The van der Waals surface area contributed by atoms with E-state index in [1.807, 2.05) is 29.0 Å². The zero-order valence-electron chi connectivity index (χ0n) is 8.26. The fourth-order valence-corrected chi connectivity index (χ4v) is 2.13. The molecular weight excluding hydrogens is 256 g/mol. The smallest absolute Gasteiger partial charge is 0.0991 e. The molecule has 0 aliphatic rings. The summed E-state index contributed by atoms with van der Waals surface area (Å²) in [6.45, 7) is 1.75. The van der Waals surface area contributed by atoms with E-state index in [4.69, 9.17) is 0 Å². The van der Waals surface area contributed by atoms with E-state index in [2.05, 4.69) is 20.9 Å². The van der Waals surface area contributed by atoms with Gasteiger partial charge in [0.05, 0.1) is 12.4 Å². The molecule has 0 unspecified atom stereocenters. The van der Waals surface area contributed by atoms with Crippen molar-refractivity contribution in [1.29, 1.82) is 0 Å². The minimum Gasteiger partial charge on any atom is -0.389 e. The number of benzene rings is 1. The van der Waals surface area contributed by atoms with E-state index in [0.717, 1.165) is 15.7 Å². The van der Waals surface area contributed by atoms with Crippen LogP contribution < -0.4 is 0 Å². The molecule has 1 aromatic carbocycles. The number of aliphatic hydroxyl groups is 1. The lowest BCUT2D eigenvalue weighted by molar-refractivity contribution is 0.198. The Labute approximate surface area is 96.5 Å². The normalized spacial score (nSPS) is 12.7. The summed E-state index contributed by atoms with van der Waals surface area (Å²) in [4.78, 5) is 3.98. The van der Waals surface area contributed by atoms with E-state index in [1.165, 1.54) is 0 Å². The summed E-state index contributed by atoms with van der Waals surface area (Å²) < 4.78 is 2.82. The van der Waals surface area contributed by atoms with Crippen LogP contribution in [0.2, 0.25) is 0 Å². The van der Waals surface area contributed by atoms with Crippen LogP contribution in [0.3, 0.4) is 0 Å². The Morgan fingerprint density at radius 3 is 2.80 bits per heavy atom. The number of nitrogens with zero attached hydrogens (tertiary/aromatic N) is 2. The molecule has 15 heavy (non-hydrogen) atoms. The molecule has 0 saturated heterocycles. The van der Waals surface area contributed by atoms with Crippen molar-refractivity contribution in [2.45, 2.75) is 13.0 Å². The number of hydrogen-bond donors (Lipinski definition) is 1. The first-order valence-electron chi connectivity index (χ1n) is 4.64. The molecular formula is C11H11BrN2O. The molecule has 0 saturated carbocycles. The Kier molecular flexibility index (Phi) is 2.88. The zero-order chi connectivity index (χ0) is 10.8. The molecule has 1 N–H and O–H groups in total. The molecule has 0 radical (unpaired) electrons. The molecule has 78 valence electrons. The molecule has 2 aromatic rings. The molecule has 1 heterocycles. The molecule has 0 spiro atoms. The summed E-state index contributed by atoms with van der Waals surface area (Å²) in [7, 11) is 0. The van der Waals surface area contributed by atoms with Gasteiger partial charge < -0.3 is 9.67 Å². The molecule has 0 bridgehead atoms. The van der Waals surface area contributed by atoms with Crippen molar-refractivity contribution in [3.05, 3.63) is 47.0 Å². The van der Waals surface area contributed by atoms with Crippen molar-refractivity contribution in [3.8, 4) is 5.69 Å². The maximum Gasteiger partial charge on any atom is 0.0991 e. The van der Waals surface area contributed by atoms with Crippen molar-refractivity contribution in [2.24, 2.45) is 0 Å². The number of halogens is 1. The summed E-state index contributed by atoms with van der Waals surface area (Å²) in [6, 6.07) is 5.82. The van der Waals surface area contributed by atoms with Gasteiger partial charge in [-0.15, -0.1) is 0 Å². The Morgan fingerprint density at radius 1 is 1.47 bits per heavy atom. The molecule has 1 atom stereocenters. The van der Waals surface area contributed by atoms with Crippen LogP contribution in [0, 0.1) is 0 Å². The van der Waals surface area contributed by atoms with E-state index in [-0.39, 0.29) is 0 Å². The van der Waals surface area contributed by atoms with Gasteiger partial charge in [0.1, 0.15) is 0 Å². The molecule has 2 rings (SSSR count). The predicted octanol–water partition coefficient (Wildman–Crippen LogP) is 2.69. The van der Waals surface area contributed by atoms with Gasteiger partial charge in [-0.25, -0.2) is 4.98 Å². The van der Waals surface area contributed by atoms with Crippen molar-refractivity contribution in [3.63, 3.8) is 0 Å². The van der Waals surface area contributed by atoms with E-state index in [1.54, 1.807) is 19.4 Å². The first-order valence-corrected chi connectivity index (χ1v) is 5.43. The number of aromatic nitrogens is 2. The highest BCUT2D eigenvalue weighted by Crippen LogP contribution is 2.25. The first-order chi connectivity index (χ1) is 7.18. The van der Waals surface area contributed by atoms with Gasteiger partial charge >= 0.3 is 0 Å². The van der Waals surface area contributed by atoms with Gasteiger partial charge in [-0.1, -0.05) is 22.0 Å². The van der Waals surface area contributed by atoms with Gasteiger partial charge in [0.2, 0.25) is 0 Å². The Balaban J connectivity index is 2.42. The van der Waals surface area contributed by atoms with E-state index in [0.29, 0.717) is 0 Å². The monoisotopic (exact) mass is 266 g/mol. The van der Waals surface area contributed by atoms with Gasteiger partial charge in [0, 0.05) is 22.6 Å². The summed E-state index contributed by atoms with van der Waals surface area (Å²) in [6.07, 6.45) is 4.89. The summed E-state index contributed by atoms with van der Waals surface area (Å²) in [5.74, 6) is 0. The summed E-state index contributed by atoms with van der Waals surface area (Å²) in [5, 5.41) is 9.48. The number of rotatable bonds is 2. The molecule has 0 amide bonds. The third-order valence-corrected chi connectivity index (χ3v) is 2.92. The SMILES string of the molecule is C[C@H](O)c1ccc(-n2ccnc2)cc1Br. The second-order valence-corrected chi connectivity index (χ2v) is 4.21. The Morgan fingerprint density at radius 2 is 2.27 bits per heavy atom. The average molecular weight is 267 g/mol. The lowest BCUT2D eigenvalue weighted by atomic mass is 10.1. The van der Waals surface area contributed by atoms with Gasteiger partial charge in [-0.2, -0.15) is 0 Å². The fraction of sp³-hybridized carbons (Fsp3) is 0.182. The maximum atomic E-state index is 9.48. The highest BCUT2D eigenvalue weighted by Gasteiger charge is 2.06. The second-order valence-electron chi connectivity index (χ2n) is 3.35. The van der Waals surface area contributed by atoms with E-state index >= 15 is 0 Å². The lowest BCUT2D eigenvalue weighted by Crippen LogP contribution is -1.95. The second kappa shape index (κ2) is 4.16. The van der Waals surface area contributed by atoms with Crippen molar-refractivity contribution < 1.29 is 5.11 Å². The first kappa shape index (κ1) is 10.4. The molecule has 0 aliphatic heterocycles. The van der Waals surface area contributed by atoms with Crippen LogP contribution in [0.4, 0.5) is 0 Å². The number of aliphatic hydroxyl groups excluding tert-OH is 1. The van der Waals surface area contributed by atoms with Crippen molar-refractivity contribution >= 4 is 15.9 Å². The fourth-order valence-electron chi connectivity index (χ4n) is 1.43. The average Bonchev–Trinajstić information content (AvgIpc) is 2.69. The highest BCUT2D eigenvalue weighted by molar-refractivity contribution is 9.10. The van der Waals surface area contributed by atoms with Crippen LogP contribution in [0.25, 0.3) is 5.69 Å². The summed E-state index contributed by atoms with van der Waals surface area (Å²) in [5.41, 5.74) is 1.91. The zero-order valence-corrected chi connectivity index (χ0v) is 9.85. The van der Waals surface area contributed by atoms with Crippen LogP contribution in [-0.4, -0.2) is 14.7 Å². The Bertz CT molecular complexity index is 452. The topological polar surface area (TPSA) is 38.0 Å². The standard InChI is InChI=1S/C11H11BrN2O/c1-8(15)10-3-2-9(6-11(10)12)14-5-4-13-7-14/h2-8,15H,1H3/t8-/m0/s1. The third-order valence-electron chi connectivity index (χ3n) is 2.24. The highest BCUT2D eigenvalue weighted by atomic mass is 79.9. The van der Waals surface area contributed by atoms with Crippen LogP contribution >= 0.6 is 15.9 Å². The number of imidazole rings is 1. The van der Waals surface area contributed by atoms with Gasteiger partial charge in [0.15, 0.2) is 0 Å². The minimum atomic E-state index is -0.462.